The molecule has 0 aliphatic carbocycles. The highest BCUT2D eigenvalue weighted by Gasteiger charge is 2.22. The van der Waals surface area contributed by atoms with Crippen LogP contribution in [0.4, 0.5) is 4.39 Å². The predicted octanol–water partition coefficient (Wildman–Crippen LogP) is 2.90. The van der Waals surface area contributed by atoms with E-state index >= 15 is 0 Å². The third-order valence-electron chi connectivity index (χ3n) is 4.49. The van der Waals surface area contributed by atoms with Gasteiger partial charge in [-0.3, -0.25) is 9.69 Å². The summed E-state index contributed by atoms with van der Waals surface area (Å²) in [6.07, 6.45) is 0.685. The monoisotopic (exact) mass is 315 g/mol. The smallest absolute Gasteiger partial charge is 0.254 e. The first-order valence-corrected chi connectivity index (χ1v) is 8.04. The van der Waals surface area contributed by atoms with Crippen molar-refractivity contribution in [1.29, 1.82) is 0 Å². The van der Waals surface area contributed by atoms with Crippen LogP contribution in [0.2, 0.25) is 0 Å². The number of hydrogen-bond donors (Lipinski definition) is 1. The lowest BCUT2D eigenvalue weighted by Crippen LogP contribution is -2.35. The fourth-order valence-electron chi connectivity index (χ4n) is 2.99. The second-order valence-corrected chi connectivity index (χ2v) is 6.52. The molecule has 0 atom stereocenters. The number of aromatic amines is 1. The van der Waals surface area contributed by atoms with E-state index in [0.717, 1.165) is 29.2 Å². The van der Waals surface area contributed by atoms with Gasteiger partial charge in [0.25, 0.3) is 5.56 Å². The first-order chi connectivity index (χ1) is 11.0. The molecule has 122 valence electrons. The van der Waals surface area contributed by atoms with Crippen LogP contribution in [-0.2, 0) is 19.5 Å². The second-order valence-electron chi connectivity index (χ2n) is 6.52. The van der Waals surface area contributed by atoms with E-state index < -0.39 is 0 Å². The fourth-order valence-corrected chi connectivity index (χ4v) is 2.99. The standard InChI is InChI=1S/C18H22FN3O/c1-11(2)17-20-16-10-22(8-7-14(16)18(23)21-17)9-13-5-4-6-15(19)12(13)3/h4-6,11H,7-10H2,1-3H3,(H,20,21,23). The normalized spacial score (nSPS) is 15.0. The summed E-state index contributed by atoms with van der Waals surface area (Å²) in [4.78, 5) is 21.9. The summed E-state index contributed by atoms with van der Waals surface area (Å²) in [6.45, 7) is 7.93. The van der Waals surface area contributed by atoms with E-state index in [9.17, 15) is 9.18 Å². The topological polar surface area (TPSA) is 49.0 Å². The minimum Gasteiger partial charge on any atom is -0.310 e. The van der Waals surface area contributed by atoms with Crippen molar-refractivity contribution in [3.05, 3.63) is 62.6 Å². The van der Waals surface area contributed by atoms with Gasteiger partial charge in [0.2, 0.25) is 0 Å². The molecule has 1 aliphatic heterocycles. The van der Waals surface area contributed by atoms with Crippen molar-refractivity contribution < 1.29 is 4.39 Å². The van der Waals surface area contributed by atoms with E-state index in [1.165, 1.54) is 6.07 Å². The zero-order valence-corrected chi connectivity index (χ0v) is 13.8. The van der Waals surface area contributed by atoms with Gasteiger partial charge >= 0.3 is 0 Å². The minimum atomic E-state index is -0.170. The molecule has 1 N–H and O–H groups in total. The van der Waals surface area contributed by atoms with Crippen molar-refractivity contribution in [3.8, 4) is 0 Å². The van der Waals surface area contributed by atoms with Gasteiger partial charge in [0.15, 0.2) is 0 Å². The quantitative estimate of drug-likeness (QED) is 0.947. The van der Waals surface area contributed by atoms with E-state index in [-0.39, 0.29) is 17.3 Å². The summed E-state index contributed by atoms with van der Waals surface area (Å²) >= 11 is 0. The van der Waals surface area contributed by atoms with E-state index in [4.69, 9.17) is 0 Å². The Bertz CT molecular complexity index is 782. The van der Waals surface area contributed by atoms with Crippen LogP contribution >= 0.6 is 0 Å². The molecule has 0 saturated heterocycles. The Morgan fingerprint density at radius 2 is 2.17 bits per heavy atom. The number of H-pyrrole nitrogens is 1. The molecule has 0 unspecified atom stereocenters. The molecule has 0 amide bonds. The maximum atomic E-state index is 13.7. The maximum Gasteiger partial charge on any atom is 0.254 e. The highest BCUT2D eigenvalue weighted by molar-refractivity contribution is 5.28. The number of nitrogens with zero attached hydrogens (tertiary/aromatic N) is 2. The molecule has 3 rings (SSSR count). The first kappa shape index (κ1) is 15.9. The molecular weight excluding hydrogens is 293 g/mol. The summed E-state index contributed by atoms with van der Waals surface area (Å²) in [5.74, 6) is 0.753. The molecular formula is C18H22FN3O. The molecule has 1 aromatic carbocycles. The Kier molecular flexibility index (Phi) is 4.31. The average Bonchev–Trinajstić information content (AvgIpc) is 2.51. The van der Waals surface area contributed by atoms with Gasteiger partial charge in [0.1, 0.15) is 11.6 Å². The van der Waals surface area contributed by atoms with Gasteiger partial charge in [0, 0.05) is 31.1 Å². The lowest BCUT2D eigenvalue weighted by Gasteiger charge is -2.28. The van der Waals surface area contributed by atoms with Crippen LogP contribution in [0.5, 0.6) is 0 Å². The van der Waals surface area contributed by atoms with Crippen LogP contribution in [0.25, 0.3) is 0 Å². The van der Waals surface area contributed by atoms with E-state index in [2.05, 4.69) is 14.9 Å². The average molecular weight is 315 g/mol. The fraction of sp³-hybridized carbons (Fsp3) is 0.444. The molecule has 4 nitrogen and oxygen atoms in total. The van der Waals surface area contributed by atoms with Gasteiger partial charge in [-0.1, -0.05) is 26.0 Å². The SMILES string of the molecule is Cc1c(F)cccc1CN1CCc2c(nc(C(C)C)[nH]c2=O)C1. The number of benzene rings is 1. The molecule has 1 aliphatic rings. The Labute approximate surface area is 135 Å². The number of halogens is 1. The summed E-state index contributed by atoms with van der Waals surface area (Å²) < 4.78 is 13.7. The van der Waals surface area contributed by atoms with Gasteiger partial charge in [-0.2, -0.15) is 0 Å². The van der Waals surface area contributed by atoms with Crippen molar-refractivity contribution >= 4 is 0 Å². The number of rotatable bonds is 3. The molecule has 5 heteroatoms. The lowest BCUT2D eigenvalue weighted by atomic mass is 10.0. The Balaban J connectivity index is 1.85. The predicted molar refractivity (Wildman–Crippen MR) is 87.9 cm³/mol. The van der Waals surface area contributed by atoms with Crippen molar-refractivity contribution in [2.45, 2.75) is 46.2 Å². The third-order valence-corrected chi connectivity index (χ3v) is 4.49. The number of fused-ring (bicyclic) bond motifs is 1. The second kappa shape index (κ2) is 6.24. The van der Waals surface area contributed by atoms with Crippen molar-refractivity contribution in [1.82, 2.24) is 14.9 Å². The number of nitrogens with one attached hydrogen (secondary N) is 1. The Morgan fingerprint density at radius 3 is 2.91 bits per heavy atom. The van der Waals surface area contributed by atoms with Crippen LogP contribution in [0, 0.1) is 12.7 Å². The Morgan fingerprint density at radius 1 is 1.39 bits per heavy atom. The number of aromatic nitrogens is 2. The molecule has 0 radical (unpaired) electrons. The van der Waals surface area contributed by atoms with Crippen LogP contribution in [0.3, 0.4) is 0 Å². The van der Waals surface area contributed by atoms with Gasteiger partial charge < -0.3 is 4.98 Å². The zero-order chi connectivity index (χ0) is 16.6. The van der Waals surface area contributed by atoms with Crippen molar-refractivity contribution in [2.75, 3.05) is 6.54 Å². The largest absolute Gasteiger partial charge is 0.310 e. The zero-order valence-electron chi connectivity index (χ0n) is 13.8. The van der Waals surface area contributed by atoms with Gasteiger partial charge in [-0.25, -0.2) is 9.37 Å². The molecule has 2 heterocycles. The molecule has 1 aromatic heterocycles. The molecule has 2 aromatic rings. The molecule has 0 bridgehead atoms. The van der Waals surface area contributed by atoms with Crippen LogP contribution in [-0.4, -0.2) is 21.4 Å². The summed E-state index contributed by atoms with van der Waals surface area (Å²) in [6, 6.07) is 5.19. The third kappa shape index (κ3) is 3.20. The van der Waals surface area contributed by atoms with Gasteiger partial charge in [-0.15, -0.1) is 0 Å². The first-order valence-electron chi connectivity index (χ1n) is 8.04. The Hall–Kier alpha value is -2.01. The lowest BCUT2D eigenvalue weighted by molar-refractivity contribution is 0.239. The number of hydrogen-bond acceptors (Lipinski definition) is 3. The summed E-state index contributed by atoms with van der Waals surface area (Å²) in [5, 5.41) is 0. The van der Waals surface area contributed by atoms with Crippen molar-refractivity contribution in [3.63, 3.8) is 0 Å². The van der Waals surface area contributed by atoms with E-state index in [1.54, 1.807) is 6.07 Å². The molecule has 0 spiro atoms. The molecule has 0 saturated carbocycles. The van der Waals surface area contributed by atoms with Crippen LogP contribution < -0.4 is 5.56 Å². The summed E-state index contributed by atoms with van der Waals surface area (Å²) in [7, 11) is 0. The molecule has 23 heavy (non-hydrogen) atoms. The molecule has 0 fully saturated rings. The van der Waals surface area contributed by atoms with Crippen LogP contribution in [0.1, 0.15) is 48.0 Å². The maximum absolute atomic E-state index is 13.7. The highest BCUT2D eigenvalue weighted by Crippen LogP contribution is 2.20. The van der Waals surface area contributed by atoms with Crippen molar-refractivity contribution in [2.24, 2.45) is 0 Å². The minimum absolute atomic E-state index is 0.0136. The van der Waals surface area contributed by atoms with E-state index in [0.29, 0.717) is 25.1 Å². The van der Waals surface area contributed by atoms with Gasteiger partial charge in [0.05, 0.1) is 5.69 Å². The van der Waals surface area contributed by atoms with Gasteiger partial charge in [-0.05, 0) is 30.5 Å². The summed E-state index contributed by atoms with van der Waals surface area (Å²) in [5.41, 5.74) is 3.32. The van der Waals surface area contributed by atoms with E-state index in [1.807, 2.05) is 26.8 Å². The van der Waals surface area contributed by atoms with Crippen LogP contribution in [0.15, 0.2) is 23.0 Å². The highest BCUT2D eigenvalue weighted by atomic mass is 19.1.